The maximum absolute atomic E-state index is 9.75. The Morgan fingerprint density at radius 2 is 1.79 bits per heavy atom. The Balaban J connectivity index is 2.27. The van der Waals surface area contributed by atoms with Crippen LogP contribution in [0.3, 0.4) is 0 Å². The summed E-state index contributed by atoms with van der Waals surface area (Å²) < 4.78 is 5.25. The molecule has 0 saturated carbocycles. The fourth-order valence-corrected chi connectivity index (χ4v) is 1.91. The normalized spacial score (nSPS) is 23.8. The van der Waals surface area contributed by atoms with E-state index in [1.165, 1.54) is 0 Å². The largest absolute Gasteiger partial charge is 0.390 e. The van der Waals surface area contributed by atoms with E-state index in [-0.39, 0.29) is 5.92 Å². The predicted octanol–water partition coefficient (Wildman–Crippen LogP) is 1.18. The molecule has 1 aliphatic heterocycles. The number of ether oxygens (including phenoxy) is 1. The van der Waals surface area contributed by atoms with Crippen LogP contribution in [0, 0.1) is 11.8 Å². The summed E-state index contributed by atoms with van der Waals surface area (Å²) in [7, 11) is 0. The maximum Gasteiger partial charge on any atom is 0.0822 e. The van der Waals surface area contributed by atoms with E-state index in [4.69, 9.17) is 4.74 Å². The smallest absolute Gasteiger partial charge is 0.0822 e. The highest BCUT2D eigenvalue weighted by atomic mass is 16.5. The number of hydrogen-bond donors (Lipinski definition) is 2. The molecule has 3 nitrogen and oxygen atoms in total. The molecule has 3 heteroatoms. The zero-order chi connectivity index (χ0) is 10.6. The molecule has 0 spiro atoms. The maximum atomic E-state index is 9.75. The molecule has 14 heavy (non-hydrogen) atoms. The summed E-state index contributed by atoms with van der Waals surface area (Å²) in [5, 5.41) is 19.4. The second kappa shape index (κ2) is 5.69. The first kappa shape index (κ1) is 12.0. The highest BCUT2D eigenvalue weighted by molar-refractivity contribution is 4.75. The van der Waals surface area contributed by atoms with Crippen LogP contribution in [0.2, 0.25) is 0 Å². The summed E-state index contributed by atoms with van der Waals surface area (Å²) in [5.74, 6) is 0.650. The summed E-state index contributed by atoms with van der Waals surface area (Å²) in [4.78, 5) is 0. The summed E-state index contributed by atoms with van der Waals surface area (Å²) in [5.41, 5.74) is 0. The molecule has 84 valence electrons. The first-order valence-electron chi connectivity index (χ1n) is 5.55. The summed E-state index contributed by atoms with van der Waals surface area (Å²) in [6, 6.07) is 0. The molecular weight excluding hydrogens is 180 g/mol. The topological polar surface area (TPSA) is 49.7 Å². The van der Waals surface area contributed by atoms with Crippen molar-refractivity contribution in [3.05, 3.63) is 0 Å². The molecule has 2 N–H and O–H groups in total. The third-order valence-electron chi connectivity index (χ3n) is 2.99. The zero-order valence-electron chi connectivity index (χ0n) is 9.15. The van der Waals surface area contributed by atoms with Gasteiger partial charge in [0.05, 0.1) is 12.2 Å². The molecule has 0 aromatic heterocycles. The van der Waals surface area contributed by atoms with Crippen molar-refractivity contribution in [2.75, 3.05) is 13.2 Å². The van der Waals surface area contributed by atoms with Crippen molar-refractivity contribution in [3.63, 3.8) is 0 Å². The Hall–Kier alpha value is -0.120. The lowest BCUT2D eigenvalue weighted by atomic mass is 9.89. The number of rotatable bonds is 4. The Labute approximate surface area is 86.1 Å². The van der Waals surface area contributed by atoms with Crippen LogP contribution < -0.4 is 0 Å². The van der Waals surface area contributed by atoms with Gasteiger partial charge in [-0.2, -0.15) is 0 Å². The van der Waals surface area contributed by atoms with Crippen molar-refractivity contribution in [1.82, 2.24) is 0 Å². The van der Waals surface area contributed by atoms with Crippen molar-refractivity contribution in [1.29, 1.82) is 0 Å². The molecule has 1 rings (SSSR count). The van der Waals surface area contributed by atoms with E-state index in [2.05, 4.69) is 0 Å². The van der Waals surface area contributed by atoms with Gasteiger partial charge in [-0.15, -0.1) is 0 Å². The third kappa shape index (κ3) is 3.56. The Morgan fingerprint density at radius 3 is 2.29 bits per heavy atom. The van der Waals surface area contributed by atoms with Crippen LogP contribution >= 0.6 is 0 Å². The average Bonchev–Trinajstić information content (AvgIpc) is 2.18. The van der Waals surface area contributed by atoms with Gasteiger partial charge in [-0.1, -0.05) is 13.8 Å². The van der Waals surface area contributed by atoms with Gasteiger partial charge in [0.25, 0.3) is 0 Å². The Kier molecular flexibility index (Phi) is 4.85. The molecule has 2 unspecified atom stereocenters. The highest BCUT2D eigenvalue weighted by Crippen LogP contribution is 2.22. The van der Waals surface area contributed by atoms with Gasteiger partial charge in [-0.3, -0.25) is 0 Å². The lowest BCUT2D eigenvalue weighted by Crippen LogP contribution is -2.33. The van der Waals surface area contributed by atoms with Crippen molar-refractivity contribution in [3.8, 4) is 0 Å². The second-order valence-corrected chi connectivity index (χ2v) is 4.59. The summed E-state index contributed by atoms with van der Waals surface area (Å²) in [6.07, 6.45) is 1.59. The first-order valence-corrected chi connectivity index (χ1v) is 5.55. The predicted molar refractivity (Wildman–Crippen MR) is 55.0 cm³/mol. The van der Waals surface area contributed by atoms with Gasteiger partial charge in [0.15, 0.2) is 0 Å². The van der Waals surface area contributed by atoms with Crippen molar-refractivity contribution < 1.29 is 14.9 Å². The monoisotopic (exact) mass is 202 g/mol. The molecule has 0 aliphatic carbocycles. The molecule has 0 aromatic rings. The highest BCUT2D eigenvalue weighted by Gasteiger charge is 2.24. The van der Waals surface area contributed by atoms with E-state index < -0.39 is 12.2 Å². The summed E-state index contributed by atoms with van der Waals surface area (Å²) in [6.45, 7) is 5.46. The fraction of sp³-hybridized carbons (Fsp3) is 1.00. The SMILES string of the molecule is CC(C)C(O)C(O)CC1CCOCC1. The number of aliphatic hydroxyl groups is 2. The molecule has 1 fully saturated rings. The second-order valence-electron chi connectivity index (χ2n) is 4.59. The Bertz CT molecular complexity index is 153. The Morgan fingerprint density at radius 1 is 1.21 bits per heavy atom. The van der Waals surface area contributed by atoms with Crippen molar-refractivity contribution in [2.45, 2.75) is 45.3 Å². The van der Waals surface area contributed by atoms with Gasteiger partial charge in [0.1, 0.15) is 0 Å². The fourth-order valence-electron chi connectivity index (χ4n) is 1.91. The quantitative estimate of drug-likeness (QED) is 0.719. The van der Waals surface area contributed by atoms with E-state index in [1.54, 1.807) is 0 Å². The van der Waals surface area contributed by atoms with Crippen LogP contribution in [0.5, 0.6) is 0 Å². The first-order chi connectivity index (χ1) is 6.61. The number of aliphatic hydroxyl groups excluding tert-OH is 2. The van der Waals surface area contributed by atoms with Crippen LogP contribution in [0.25, 0.3) is 0 Å². The van der Waals surface area contributed by atoms with Crippen LogP contribution in [0.15, 0.2) is 0 Å². The molecular formula is C11H22O3. The van der Waals surface area contributed by atoms with Crippen LogP contribution in [0.4, 0.5) is 0 Å². The molecule has 0 bridgehead atoms. The molecule has 1 saturated heterocycles. The van der Waals surface area contributed by atoms with Gasteiger partial charge in [0.2, 0.25) is 0 Å². The van der Waals surface area contributed by atoms with Crippen LogP contribution in [-0.4, -0.2) is 35.6 Å². The van der Waals surface area contributed by atoms with Crippen molar-refractivity contribution in [2.24, 2.45) is 11.8 Å². The van der Waals surface area contributed by atoms with Gasteiger partial charge in [-0.05, 0) is 31.1 Å². The minimum Gasteiger partial charge on any atom is -0.390 e. The van der Waals surface area contributed by atoms with E-state index in [0.717, 1.165) is 26.1 Å². The molecule has 0 aromatic carbocycles. The standard InChI is InChI=1S/C11H22O3/c1-8(2)11(13)10(12)7-9-3-5-14-6-4-9/h8-13H,3-7H2,1-2H3. The summed E-state index contributed by atoms with van der Waals surface area (Å²) >= 11 is 0. The van der Waals surface area contributed by atoms with E-state index in [1.807, 2.05) is 13.8 Å². The minimum absolute atomic E-state index is 0.129. The van der Waals surface area contributed by atoms with Crippen LogP contribution in [-0.2, 0) is 4.74 Å². The molecule has 2 atom stereocenters. The van der Waals surface area contributed by atoms with E-state index in [9.17, 15) is 10.2 Å². The van der Waals surface area contributed by atoms with Crippen molar-refractivity contribution >= 4 is 0 Å². The van der Waals surface area contributed by atoms with Gasteiger partial charge in [0, 0.05) is 13.2 Å². The molecule has 0 amide bonds. The lowest BCUT2D eigenvalue weighted by Gasteiger charge is -2.27. The zero-order valence-corrected chi connectivity index (χ0v) is 9.15. The molecule has 1 aliphatic rings. The van der Waals surface area contributed by atoms with E-state index in [0.29, 0.717) is 12.3 Å². The molecule has 0 radical (unpaired) electrons. The average molecular weight is 202 g/mol. The van der Waals surface area contributed by atoms with E-state index >= 15 is 0 Å². The van der Waals surface area contributed by atoms with Gasteiger partial charge < -0.3 is 14.9 Å². The lowest BCUT2D eigenvalue weighted by molar-refractivity contribution is -0.0320. The number of hydrogen-bond acceptors (Lipinski definition) is 3. The minimum atomic E-state index is -0.585. The molecule has 1 heterocycles. The van der Waals surface area contributed by atoms with Gasteiger partial charge >= 0.3 is 0 Å². The van der Waals surface area contributed by atoms with Crippen LogP contribution in [0.1, 0.15) is 33.1 Å². The third-order valence-corrected chi connectivity index (χ3v) is 2.99. The van der Waals surface area contributed by atoms with Gasteiger partial charge in [-0.25, -0.2) is 0 Å².